The van der Waals surface area contributed by atoms with E-state index in [2.05, 4.69) is 42.7 Å². The van der Waals surface area contributed by atoms with Crippen molar-refractivity contribution in [1.82, 2.24) is 0 Å². The topological polar surface area (TPSA) is 172 Å². The molecule has 0 aliphatic rings. The highest BCUT2D eigenvalue weighted by Crippen LogP contribution is 2.43. The second kappa shape index (κ2) is 36.9. The lowest BCUT2D eigenvalue weighted by Crippen LogP contribution is -2.34. The van der Waals surface area contributed by atoms with Gasteiger partial charge in [0.2, 0.25) is 0 Å². The summed E-state index contributed by atoms with van der Waals surface area (Å²) in [7, 11) is -4.71. The molecular formula is C41H76NO10P. The standard InChI is InChI=1S/C41H76NO10P/c1-3-5-7-9-11-13-15-16-17-18-19-20-21-23-25-27-29-31-33-40(44)52-37(35-50-53(47,48)51-36-38(42)41(45)46)34-49-39(43)32-30-28-26-24-22-14-12-10-8-6-4-2/h13,15,17-18,37-38H,3-12,14,16,19-36,42H2,1-2H3,(H,45,46)(H,47,48)/b15-13-,18-17-. The van der Waals surface area contributed by atoms with Crippen molar-refractivity contribution in [3.05, 3.63) is 24.3 Å². The van der Waals surface area contributed by atoms with E-state index in [4.69, 9.17) is 24.8 Å². The Labute approximate surface area is 321 Å². The van der Waals surface area contributed by atoms with Crippen molar-refractivity contribution in [1.29, 1.82) is 0 Å². The van der Waals surface area contributed by atoms with Gasteiger partial charge in [-0.05, 0) is 44.9 Å². The summed E-state index contributed by atoms with van der Waals surface area (Å²) in [5, 5.41) is 8.87. The number of hydrogen-bond acceptors (Lipinski definition) is 9. The van der Waals surface area contributed by atoms with Crippen LogP contribution in [0.25, 0.3) is 0 Å². The number of ether oxygens (including phenoxy) is 2. The molecule has 0 aromatic carbocycles. The summed E-state index contributed by atoms with van der Waals surface area (Å²) in [6.07, 6.45) is 36.7. The lowest BCUT2D eigenvalue weighted by Gasteiger charge is -2.20. The van der Waals surface area contributed by atoms with Crippen molar-refractivity contribution in [3.8, 4) is 0 Å². The molecule has 53 heavy (non-hydrogen) atoms. The number of rotatable bonds is 39. The van der Waals surface area contributed by atoms with Crippen molar-refractivity contribution in [2.75, 3.05) is 19.8 Å². The molecular weight excluding hydrogens is 697 g/mol. The maximum atomic E-state index is 12.6. The van der Waals surface area contributed by atoms with E-state index in [1.807, 2.05) is 0 Å². The van der Waals surface area contributed by atoms with Gasteiger partial charge in [0.15, 0.2) is 6.10 Å². The van der Waals surface area contributed by atoms with Crippen molar-refractivity contribution in [2.24, 2.45) is 5.73 Å². The van der Waals surface area contributed by atoms with Gasteiger partial charge in [-0.2, -0.15) is 0 Å². The predicted molar refractivity (Wildman–Crippen MR) is 212 cm³/mol. The fraction of sp³-hybridized carbons (Fsp3) is 0.829. The Morgan fingerprint density at radius 1 is 0.585 bits per heavy atom. The molecule has 0 aromatic heterocycles. The van der Waals surface area contributed by atoms with E-state index in [0.717, 1.165) is 57.8 Å². The van der Waals surface area contributed by atoms with Crippen LogP contribution in [0.5, 0.6) is 0 Å². The molecule has 0 amide bonds. The van der Waals surface area contributed by atoms with E-state index in [-0.39, 0.29) is 19.4 Å². The zero-order valence-corrected chi connectivity index (χ0v) is 34.3. The van der Waals surface area contributed by atoms with E-state index >= 15 is 0 Å². The van der Waals surface area contributed by atoms with E-state index in [1.54, 1.807) is 0 Å². The van der Waals surface area contributed by atoms with Gasteiger partial charge in [0.05, 0.1) is 13.2 Å². The van der Waals surface area contributed by atoms with Gasteiger partial charge >= 0.3 is 25.7 Å². The first-order valence-corrected chi connectivity index (χ1v) is 22.4. The summed E-state index contributed by atoms with van der Waals surface area (Å²) < 4.78 is 32.6. The van der Waals surface area contributed by atoms with Crippen molar-refractivity contribution in [3.63, 3.8) is 0 Å². The lowest BCUT2D eigenvalue weighted by molar-refractivity contribution is -0.161. The molecule has 12 heteroatoms. The zero-order chi connectivity index (χ0) is 39.3. The largest absolute Gasteiger partial charge is 0.480 e. The summed E-state index contributed by atoms with van der Waals surface area (Å²) in [4.78, 5) is 45.8. The second-order valence-corrected chi connectivity index (χ2v) is 15.6. The molecule has 4 N–H and O–H groups in total. The minimum absolute atomic E-state index is 0.155. The van der Waals surface area contributed by atoms with Crippen LogP contribution >= 0.6 is 7.82 Å². The van der Waals surface area contributed by atoms with Gasteiger partial charge in [-0.15, -0.1) is 0 Å². The Hall–Kier alpha value is -2.04. The lowest BCUT2D eigenvalue weighted by atomic mass is 10.1. The normalized spacial score (nSPS) is 14.0. The molecule has 0 spiro atoms. The number of nitrogens with two attached hydrogens (primary N) is 1. The van der Waals surface area contributed by atoms with Crippen molar-refractivity contribution >= 4 is 25.7 Å². The average Bonchev–Trinajstić information content (AvgIpc) is 3.13. The molecule has 0 saturated carbocycles. The van der Waals surface area contributed by atoms with E-state index in [9.17, 15) is 23.8 Å². The molecule has 3 unspecified atom stereocenters. The van der Waals surface area contributed by atoms with Crippen LogP contribution in [0.1, 0.15) is 187 Å². The Morgan fingerprint density at radius 2 is 1.00 bits per heavy atom. The van der Waals surface area contributed by atoms with Gasteiger partial charge in [0.1, 0.15) is 12.6 Å². The Balaban J connectivity index is 4.37. The minimum Gasteiger partial charge on any atom is -0.480 e. The maximum absolute atomic E-state index is 12.6. The third-order valence-corrected chi connectivity index (χ3v) is 9.90. The number of carbonyl (C=O) groups is 3. The van der Waals surface area contributed by atoms with E-state index in [0.29, 0.717) is 12.8 Å². The van der Waals surface area contributed by atoms with Gasteiger partial charge in [-0.1, -0.05) is 154 Å². The Kier molecular flexibility index (Phi) is 35.5. The van der Waals surface area contributed by atoms with Crippen LogP contribution in [0.15, 0.2) is 24.3 Å². The molecule has 0 fully saturated rings. The number of phosphoric ester groups is 1. The van der Waals surface area contributed by atoms with E-state index < -0.39 is 51.1 Å². The predicted octanol–water partition coefficient (Wildman–Crippen LogP) is 10.7. The monoisotopic (exact) mass is 774 g/mol. The van der Waals surface area contributed by atoms with E-state index in [1.165, 1.54) is 89.9 Å². The molecule has 310 valence electrons. The zero-order valence-electron chi connectivity index (χ0n) is 33.4. The molecule has 0 aromatic rings. The van der Waals surface area contributed by atoms with Crippen LogP contribution in [0.3, 0.4) is 0 Å². The number of carbonyl (C=O) groups excluding carboxylic acids is 2. The SMILES string of the molecule is CCCCCC/C=C\C/C=C\CCCCCCCCCC(=O)OC(COC(=O)CCCCCCCCCCCCC)COP(=O)(O)OCC(N)C(=O)O. The number of esters is 2. The first kappa shape index (κ1) is 51.0. The summed E-state index contributed by atoms with van der Waals surface area (Å²) in [6, 6.07) is -1.52. The molecule has 0 aliphatic heterocycles. The number of unbranched alkanes of at least 4 members (excludes halogenated alkanes) is 21. The highest BCUT2D eigenvalue weighted by atomic mass is 31.2. The molecule has 0 saturated heterocycles. The molecule has 0 rings (SSSR count). The molecule has 3 atom stereocenters. The number of allylic oxidation sites excluding steroid dienone is 4. The van der Waals surface area contributed by atoms with Crippen LogP contribution in [0.4, 0.5) is 0 Å². The summed E-state index contributed by atoms with van der Waals surface area (Å²) in [6.45, 7) is 2.77. The van der Waals surface area contributed by atoms with Gasteiger partial charge in [-0.25, -0.2) is 4.57 Å². The molecule has 0 radical (unpaired) electrons. The number of carboxylic acids is 1. The molecule has 0 bridgehead atoms. The first-order valence-electron chi connectivity index (χ1n) is 20.9. The number of phosphoric acid groups is 1. The number of hydrogen-bond donors (Lipinski definition) is 3. The van der Waals surface area contributed by atoms with Crippen LogP contribution in [0.2, 0.25) is 0 Å². The van der Waals surface area contributed by atoms with Crippen LogP contribution in [-0.2, 0) is 37.5 Å². The van der Waals surface area contributed by atoms with Crippen LogP contribution in [-0.4, -0.2) is 59.9 Å². The summed E-state index contributed by atoms with van der Waals surface area (Å²) >= 11 is 0. The molecule has 0 heterocycles. The second-order valence-electron chi connectivity index (χ2n) is 14.1. The fourth-order valence-electron chi connectivity index (χ4n) is 5.62. The van der Waals surface area contributed by atoms with Gasteiger partial charge in [0, 0.05) is 12.8 Å². The van der Waals surface area contributed by atoms with Crippen LogP contribution in [0, 0.1) is 0 Å². The summed E-state index contributed by atoms with van der Waals surface area (Å²) in [5.74, 6) is -2.38. The number of carboxylic acid groups (broad SMARTS) is 1. The first-order chi connectivity index (χ1) is 25.6. The van der Waals surface area contributed by atoms with Crippen molar-refractivity contribution < 1.29 is 47.5 Å². The van der Waals surface area contributed by atoms with Gasteiger partial charge in [0.25, 0.3) is 0 Å². The Bertz CT molecular complexity index is 1010. The smallest absolute Gasteiger partial charge is 0.472 e. The van der Waals surface area contributed by atoms with Crippen molar-refractivity contribution in [2.45, 2.75) is 199 Å². The summed E-state index contributed by atoms with van der Waals surface area (Å²) in [5.41, 5.74) is 5.32. The highest BCUT2D eigenvalue weighted by molar-refractivity contribution is 7.47. The van der Waals surface area contributed by atoms with Gasteiger partial charge < -0.3 is 25.2 Å². The molecule has 0 aliphatic carbocycles. The highest BCUT2D eigenvalue weighted by Gasteiger charge is 2.28. The van der Waals surface area contributed by atoms with Gasteiger partial charge in [-0.3, -0.25) is 23.4 Å². The third-order valence-electron chi connectivity index (χ3n) is 8.95. The third kappa shape index (κ3) is 36.7. The number of aliphatic carboxylic acids is 1. The molecule has 11 nitrogen and oxygen atoms in total. The fourth-order valence-corrected chi connectivity index (χ4v) is 6.40. The van der Waals surface area contributed by atoms with Crippen LogP contribution < -0.4 is 5.73 Å². The quantitative estimate of drug-likeness (QED) is 0.0235. The minimum atomic E-state index is -4.71. The maximum Gasteiger partial charge on any atom is 0.472 e. The Morgan fingerprint density at radius 3 is 1.49 bits per heavy atom. The average molecular weight is 774 g/mol.